The molecule has 0 unspecified atom stereocenters. The average Bonchev–Trinajstić information content (AvgIpc) is 2.92. The Morgan fingerprint density at radius 3 is 2.86 bits per heavy atom. The molecule has 21 heavy (non-hydrogen) atoms. The van der Waals surface area contributed by atoms with Gasteiger partial charge in [-0.25, -0.2) is 4.98 Å². The molecule has 0 saturated heterocycles. The van der Waals surface area contributed by atoms with E-state index in [0.717, 1.165) is 37.6 Å². The highest BCUT2D eigenvalue weighted by Gasteiger charge is 2.18. The molecule has 0 amide bonds. The van der Waals surface area contributed by atoms with Crippen molar-refractivity contribution in [3.05, 3.63) is 40.0 Å². The van der Waals surface area contributed by atoms with E-state index >= 15 is 0 Å². The normalized spacial score (nSPS) is 15.1. The third-order valence-corrected chi connectivity index (χ3v) is 4.65. The van der Waals surface area contributed by atoms with Crippen molar-refractivity contribution >= 4 is 17.2 Å². The fraction of sp³-hybridized carbons (Fsp3) is 0.500. The maximum absolute atomic E-state index is 4.59. The van der Waals surface area contributed by atoms with E-state index in [0.29, 0.717) is 0 Å². The Labute approximate surface area is 130 Å². The molecule has 0 spiro atoms. The summed E-state index contributed by atoms with van der Waals surface area (Å²) in [4.78, 5) is 13.0. The smallest absolute Gasteiger partial charge is 0.147 e. The van der Waals surface area contributed by atoms with Crippen molar-refractivity contribution in [2.24, 2.45) is 0 Å². The summed E-state index contributed by atoms with van der Waals surface area (Å²) in [5.41, 5.74) is 2.52. The number of fused-ring (bicyclic) bond motifs is 1. The van der Waals surface area contributed by atoms with Crippen LogP contribution in [0, 0.1) is 0 Å². The summed E-state index contributed by atoms with van der Waals surface area (Å²) in [6, 6.07) is 2.22. The standard InChI is InChI=1S/C16H22N4S/c1-16(2,3)19-9-13-8-18-15(10-17-13)20-6-4-14-12(11-20)5-7-21-14/h5,7-8,10,19H,4,6,9,11H2,1-3H3. The first-order valence-corrected chi connectivity index (χ1v) is 8.25. The van der Waals surface area contributed by atoms with E-state index in [-0.39, 0.29) is 5.54 Å². The largest absolute Gasteiger partial charge is 0.351 e. The molecular formula is C16H22N4S. The zero-order valence-corrected chi connectivity index (χ0v) is 13.7. The zero-order valence-electron chi connectivity index (χ0n) is 12.9. The molecule has 0 radical (unpaired) electrons. The number of aromatic nitrogens is 2. The lowest BCUT2D eigenvalue weighted by Crippen LogP contribution is -2.35. The van der Waals surface area contributed by atoms with E-state index < -0.39 is 0 Å². The van der Waals surface area contributed by atoms with E-state index in [2.05, 4.69) is 52.4 Å². The Bertz CT molecular complexity index is 597. The van der Waals surface area contributed by atoms with Gasteiger partial charge in [-0.05, 0) is 44.2 Å². The van der Waals surface area contributed by atoms with Crippen LogP contribution in [0.2, 0.25) is 0 Å². The van der Waals surface area contributed by atoms with Crippen molar-refractivity contribution in [3.8, 4) is 0 Å². The number of nitrogens with zero attached hydrogens (tertiary/aromatic N) is 3. The lowest BCUT2D eigenvalue weighted by Gasteiger charge is -2.27. The van der Waals surface area contributed by atoms with Gasteiger partial charge in [-0.3, -0.25) is 4.98 Å². The minimum absolute atomic E-state index is 0.0998. The van der Waals surface area contributed by atoms with E-state index in [1.165, 1.54) is 10.4 Å². The summed E-state index contributed by atoms with van der Waals surface area (Å²) in [5, 5.41) is 5.61. The van der Waals surface area contributed by atoms with Gasteiger partial charge in [-0.2, -0.15) is 0 Å². The van der Waals surface area contributed by atoms with Gasteiger partial charge in [-0.1, -0.05) is 0 Å². The zero-order chi connectivity index (χ0) is 14.9. The summed E-state index contributed by atoms with van der Waals surface area (Å²) in [6.45, 7) is 9.20. The summed E-state index contributed by atoms with van der Waals surface area (Å²) in [6.07, 6.45) is 4.90. The fourth-order valence-electron chi connectivity index (χ4n) is 2.40. The maximum atomic E-state index is 4.59. The van der Waals surface area contributed by atoms with Crippen molar-refractivity contribution in [1.29, 1.82) is 0 Å². The number of nitrogens with one attached hydrogen (secondary N) is 1. The van der Waals surface area contributed by atoms with Crippen molar-refractivity contribution < 1.29 is 0 Å². The number of thiophene rings is 1. The van der Waals surface area contributed by atoms with Gasteiger partial charge in [0, 0.05) is 30.1 Å². The second-order valence-electron chi connectivity index (χ2n) is 6.51. The Morgan fingerprint density at radius 1 is 1.29 bits per heavy atom. The van der Waals surface area contributed by atoms with E-state index in [1.807, 2.05) is 23.7 Å². The van der Waals surface area contributed by atoms with Gasteiger partial charge in [0.1, 0.15) is 5.82 Å². The summed E-state index contributed by atoms with van der Waals surface area (Å²) < 4.78 is 0. The van der Waals surface area contributed by atoms with Crippen LogP contribution in [0.5, 0.6) is 0 Å². The SMILES string of the molecule is CC(C)(C)NCc1cnc(N2CCc3sccc3C2)cn1. The molecule has 0 fully saturated rings. The second kappa shape index (κ2) is 5.73. The van der Waals surface area contributed by atoms with Crippen molar-refractivity contribution in [2.75, 3.05) is 11.4 Å². The van der Waals surface area contributed by atoms with Gasteiger partial charge in [0.25, 0.3) is 0 Å². The van der Waals surface area contributed by atoms with Gasteiger partial charge < -0.3 is 10.2 Å². The number of anilines is 1. The van der Waals surface area contributed by atoms with Gasteiger partial charge in [0.2, 0.25) is 0 Å². The van der Waals surface area contributed by atoms with E-state index in [9.17, 15) is 0 Å². The number of hydrogen-bond donors (Lipinski definition) is 1. The molecule has 3 rings (SSSR count). The fourth-order valence-corrected chi connectivity index (χ4v) is 3.29. The molecule has 0 saturated carbocycles. The highest BCUT2D eigenvalue weighted by Crippen LogP contribution is 2.26. The van der Waals surface area contributed by atoms with Gasteiger partial charge in [-0.15, -0.1) is 11.3 Å². The monoisotopic (exact) mass is 302 g/mol. The minimum atomic E-state index is 0.0998. The molecule has 3 heterocycles. The van der Waals surface area contributed by atoms with Crippen LogP contribution in [-0.2, 0) is 19.5 Å². The quantitative estimate of drug-likeness (QED) is 0.946. The second-order valence-corrected chi connectivity index (χ2v) is 7.51. The minimum Gasteiger partial charge on any atom is -0.351 e. The molecule has 112 valence electrons. The molecule has 1 aliphatic rings. The molecule has 1 N–H and O–H groups in total. The Balaban J connectivity index is 1.65. The summed E-state index contributed by atoms with van der Waals surface area (Å²) >= 11 is 1.86. The highest BCUT2D eigenvalue weighted by atomic mass is 32.1. The van der Waals surface area contributed by atoms with Crippen LogP contribution in [0.3, 0.4) is 0 Å². The molecule has 1 aliphatic heterocycles. The number of rotatable bonds is 3. The molecule has 0 atom stereocenters. The van der Waals surface area contributed by atoms with E-state index in [4.69, 9.17) is 0 Å². The van der Waals surface area contributed by atoms with Crippen LogP contribution in [0.1, 0.15) is 36.9 Å². The molecule has 4 nitrogen and oxygen atoms in total. The first-order valence-electron chi connectivity index (χ1n) is 7.37. The highest BCUT2D eigenvalue weighted by molar-refractivity contribution is 7.10. The third kappa shape index (κ3) is 3.60. The molecule has 2 aromatic heterocycles. The third-order valence-electron chi connectivity index (χ3n) is 3.62. The Hall–Kier alpha value is -1.46. The topological polar surface area (TPSA) is 41.1 Å². The van der Waals surface area contributed by atoms with Crippen molar-refractivity contribution in [2.45, 2.75) is 45.8 Å². The molecule has 0 bridgehead atoms. The van der Waals surface area contributed by atoms with Crippen molar-refractivity contribution in [1.82, 2.24) is 15.3 Å². The van der Waals surface area contributed by atoms with Crippen LogP contribution in [-0.4, -0.2) is 22.1 Å². The summed E-state index contributed by atoms with van der Waals surface area (Å²) in [5.74, 6) is 0.978. The molecule has 2 aromatic rings. The first-order chi connectivity index (χ1) is 10.0. The molecule has 5 heteroatoms. The predicted molar refractivity (Wildman–Crippen MR) is 87.7 cm³/mol. The van der Waals surface area contributed by atoms with Gasteiger partial charge in [0.05, 0.1) is 18.1 Å². The molecular weight excluding hydrogens is 280 g/mol. The lowest BCUT2D eigenvalue weighted by molar-refractivity contribution is 0.421. The molecule has 0 aliphatic carbocycles. The lowest BCUT2D eigenvalue weighted by atomic mass is 10.1. The molecule has 0 aromatic carbocycles. The van der Waals surface area contributed by atoms with Gasteiger partial charge in [0.15, 0.2) is 0 Å². The number of hydrogen-bond acceptors (Lipinski definition) is 5. The van der Waals surface area contributed by atoms with Crippen LogP contribution in [0.25, 0.3) is 0 Å². The maximum Gasteiger partial charge on any atom is 0.147 e. The van der Waals surface area contributed by atoms with Crippen LogP contribution < -0.4 is 10.2 Å². The van der Waals surface area contributed by atoms with E-state index in [1.54, 1.807) is 0 Å². The summed E-state index contributed by atoms with van der Waals surface area (Å²) in [7, 11) is 0. The Morgan fingerprint density at radius 2 is 2.14 bits per heavy atom. The van der Waals surface area contributed by atoms with Crippen LogP contribution >= 0.6 is 11.3 Å². The predicted octanol–water partition coefficient (Wildman–Crippen LogP) is 2.99. The van der Waals surface area contributed by atoms with Gasteiger partial charge >= 0.3 is 0 Å². The van der Waals surface area contributed by atoms with Crippen LogP contribution in [0.4, 0.5) is 5.82 Å². The Kier molecular flexibility index (Phi) is 3.95. The average molecular weight is 302 g/mol. The first kappa shape index (κ1) is 14.5. The van der Waals surface area contributed by atoms with Crippen molar-refractivity contribution in [3.63, 3.8) is 0 Å². The van der Waals surface area contributed by atoms with Crippen LogP contribution in [0.15, 0.2) is 23.8 Å².